The van der Waals surface area contributed by atoms with E-state index in [2.05, 4.69) is 4.90 Å². The van der Waals surface area contributed by atoms with Gasteiger partial charge in [0.15, 0.2) is 0 Å². The molecule has 0 saturated carbocycles. The first-order valence-corrected chi connectivity index (χ1v) is 6.13. The number of rotatable bonds is 3. The van der Waals surface area contributed by atoms with Gasteiger partial charge in [-0.2, -0.15) is 0 Å². The first kappa shape index (κ1) is 12.3. The number of halogens is 1. The number of nitrogens with zero attached hydrogens (tertiary/aromatic N) is 1. The van der Waals surface area contributed by atoms with Gasteiger partial charge in [-0.3, -0.25) is 0 Å². The van der Waals surface area contributed by atoms with Crippen LogP contribution in [0.4, 0.5) is 10.1 Å². The minimum Gasteiger partial charge on any atom is -0.394 e. The van der Waals surface area contributed by atoms with Crippen LogP contribution in [0.15, 0.2) is 18.2 Å². The Morgan fingerprint density at radius 3 is 2.65 bits per heavy atom. The predicted octanol–water partition coefficient (Wildman–Crippen LogP) is 1.81. The molecule has 1 saturated heterocycles. The molecule has 1 aliphatic rings. The molecule has 0 aromatic heterocycles. The molecular weight excluding hydrogens is 219 g/mol. The minimum absolute atomic E-state index is 0.162. The van der Waals surface area contributed by atoms with Crippen LogP contribution in [0.2, 0.25) is 0 Å². The van der Waals surface area contributed by atoms with Gasteiger partial charge in [-0.15, -0.1) is 0 Å². The Balaban J connectivity index is 2.30. The standard InChI is InChI=1S/C13H19FN2O/c14-10-4-5-13(11(8-10)12(15)9-17)16-6-2-1-3-7-16/h4-5,8,12,17H,1-3,6-7,9,15H2. The third-order valence-corrected chi connectivity index (χ3v) is 3.28. The third kappa shape index (κ3) is 2.76. The van der Waals surface area contributed by atoms with Crippen LogP contribution < -0.4 is 10.6 Å². The van der Waals surface area contributed by atoms with Crippen LogP contribution in [-0.4, -0.2) is 24.8 Å². The molecule has 17 heavy (non-hydrogen) atoms. The number of piperidine rings is 1. The van der Waals surface area contributed by atoms with Crippen LogP contribution >= 0.6 is 0 Å². The van der Waals surface area contributed by atoms with Crippen LogP contribution in [0, 0.1) is 5.82 Å². The molecule has 0 bridgehead atoms. The van der Waals surface area contributed by atoms with E-state index in [0.29, 0.717) is 5.56 Å². The zero-order valence-electron chi connectivity index (χ0n) is 9.90. The van der Waals surface area contributed by atoms with Crippen LogP contribution in [0.5, 0.6) is 0 Å². The maximum absolute atomic E-state index is 13.3. The highest BCUT2D eigenvalue weighted by Gasteiger charge is 2.18. The number of aliphatic hydroxyl groups is 1. The predicted molar refractivity (Wildman–Crippen MR) is 66.5 cm³/mol. The molecule has 1 aromatic rings. The average molecular weight is 238 g/mol. The lowest BCUT2D eigenvalue weighted by Crippen LogP contribution is -2.31. The number of hydrogen-bond donors (Lipinski definition) is 2. The molecule has 1 unspecified atom stereocenters. The second-order valence-corrected chi connectivity index (χ2v) is 4.54. The summed E-state index contributed by atoms with van der Waals surface area (Å²) in [5.41, 5.74) is 7.50. The van der Waals surface area contributed by atoms with Crippen molar-refractivity contribution in [3.8, 4) is 0 Å². The van der Waals surface area contributed by atoms with Crippen molar-refractivity contribution in [2.75, 3.05) is 24.6 Å². The molecule has 1 fully saturated rings. The van der Waals surface area contributed by atoms with Crippen molar-refractivity contribution >= 4 is 5.69 Å². The SMILES string of the molecule is NC(CO)c1cc(F)ccc1N1CCCCC1. The first-order valence-electron chi connectivity index (χ1n) is 6.13. The summed E-state index contributed by atoms with van der Waals surface area (Å²) in [4.78, 5) is 2.23. The summed E-state index contributed by atoms with van der Waals surface area (Å²) in [7, 11) is 0. The second kappa shape index (κ2) is 5.47. The molecule has 1 heterocycles. The quantitative estimate of drug-likeness (QED) is 0.844. The molecule has 1 atom stereocenters. The Labute approximate surface area is 101 Å². The van der Waals surface area contributed by atoms with E-state index in [4.69, 9.17) is 10.8 Å². The summed E-state index contributed by atoms with van der Waals surface area (Å²) in [5.74, 6) is -0.301. The molecule has 2 rings (SSSR count). The Bertz CT molecular complexity index is 378. The van der Waals surface area contributed by atoms with Gasteiger partial charge in [0.05, 0.1) is 12.6 Å². The fraction of sp³-hybridized carbons (Fsp3) is 0.538. The maximum Gasteiger partial charge on any atom is 0.123 e. The van der Waals surface area contributed by atoms with Crippen molar-refractivity contribution in [2.45, 2.75) is 25.3 Å². The molecule has 0 radical (unpaired) electrons. The van der Waals surface area contributed by atoms with E-state index >= 15 is 0 Å². The van der Waals surface area contributed by atoms with Crippen LogP contribution in [0.25, 0.3) is 0 Å². The number of nitrogens with two attached hydrogens (primary N) is 1. The number of benzene rings is 1. The highest BCUT2D eigenvalue weighted by molar-refractivity contribution is 5.55. The lowest BCUT2D eigenvalue weighted by molar-refractivity contribution is 0.268. The first-order chi connectivity index (χ1) is 8.22. The van der Waals surface area contributed by atoms with Gasteiger partial charge >= 0.3 is 0 Å². The lowest BCUT2D eigenvalue weighted by Gasteiger charge is -2.31. The van der Waals surface area contributed by atoms with E-state index in [9.17, 15) is 4.39 Å². The zero-order chi connectivity index (χ0) is 12.3. The smallest absolute Gasteiger partial charge is 0.123 e. The maximum atomic E-state index is 13.3. The van der Waals surface area contributed by atoms with Gasteiger partial charge in [0.25, 0.3) is 0 Å². The van der Waals surface area contributed by atoms with Crippen LogP contribution in [0.3, 0.4) is 0 Å². The molecule has 3 N–H and O–H groups in total. The van der Waals surface area contributed by atoms with Crippen LogP contribution in [-0.2, 0) is 0 Å². The minimum atomic E-state index is -0.511. The Kier molecular flexibility index (Phi) is 3.97. The second-order valence-electron chi connectivity index (χ2n) is 4.54. The Morgan fingerprint density at radius 1 is 1.29 bits per heavy atom. The van der Waals surface area contributed by atoms with Crippen molar-refractivity contribution in [3.63, 3.8) is 0 Å². The molecule has 1 aliphatic heterocycles. The van der Waals surface area contributed by atoms with Crippen LogP contribution in [0.1, 0.15) is 30.9 Å². The van der Waals surface area contributed by atoms with Gasteiger partial charge in [-0.05, 0) is 43.0 Å². The summed E-state index contributed by atoms with van der Waals surface area (Å²) in [5, 5.41) is 9.14. The van der Waals surface area contributed by atoms with Gasteiger partial charge in [0.2, 0.25) is 0 Å². The molecule has 0 spiro atoms. The van der Waals surface area contributed by atoms with Gasteiger partial charge in [0.1, 0.15) is 5.82 Å². The lowest BCUT2D eigenvalue weighted by atomic mass is 10.0. The number of hydrogen-bond acceptors (Lipinski definition) is 3. The number of anilines is 1. The summed E-state index contributed by atoms with van der Waals surface area (Å²) in [6.07, 6.45) is 3.56. The molecule has 3 nitrogen and oxygen atoms in total. The van der Waals surface area contributed by atoms with Gasteiger partial charge < -0.3 is 15.7 Å². The molecular formula is C13H19FN2O. The summed E-state index contributed by atoms with van der Waals surface area (Å²) < 4.78 is 13.3. The van der Waals surface area contributed by atoms with Gasteiger partial charge in [0, 0.05) is 18.8 Å². The molecule has 0 amide bonds. The van der Waals surface area contributed by atoms with Crippen molar-refractivity contribution in [3.05, 3.63) is 29.6 Å². The van der Waals surface area contributed by atoms with E-state index in [-0.39, 0.29) is 12.4 Å². The normalized spacial score (nSPS) is 18.2. The molecule has 4 heteroatoms. The van der Waals surface area contributed by atoms with E-state index in [1.807, 2.05) is 0 Å². The van der Waals surface area contributed by atoms with Crippen molar-refractivity contribution in [1.29, 1.82) is 0 Å². The van der Waals surface area contributed by atoms with Gasteiger partial charge in [-0.25, -0.2) is 4.39 Å². The highest BCUT2D eigenvalue weighted by Crippen LogP contribution is 2.28. The van der Waals surface area contributed by atoms with E-state index in [1.165, 1.54) is 18.6 Å². The molecule has 1 aromatic carbocycles. The molecule has 0 aliphatic carbocycles. The largest absolute Gasteiger partial charge is 0.394 e. The highest BCUT2D eigenvalue weighted by atomic mass is 19.1. The topological polar surface area (TPSA) is 49.5 Å². The van der Waals surface area contributed by atoms with E-state index in [1.54, 1.807) is 6.07 Å². The van der Waals surface area contributed by atoms with E-state index in [0.717, 1.165) is 31.6 Å². The monoisotopic (exact) mass is 238 g/mol. The summed E-state index contributed by atoms with van der Waals surface area (Å²) in [6, 6.07) is 4.15. The number of aliphatic hydroxyl groups excluding tert-OH is 1. The average Bonchev–Trinajstić information content (AvgIpc) is 2.38. The third-order valence-electron chi connectivity index (χ3n) is 3.28. The summed E-state index contributed by atoms with van der Waals surface area (Å²) >= 11 is 0. The Morgan fingerprint density at radius 2 is 2.00 bits per heavy atom. The van der Waals surface area contributed by atoms with Crippen molar-refractivity contribution in [1.82, 2.24) is 0 Å². The van der Waals surface area contributed by atoms with E-state index < -0.39 is 6.04 Å². The summed E-state index contributed by atoms with van der Waals surface area (Å²) in [6.45, 7) is 1.80. The van der Waals surface area contributed by atoms with Gasteiger partial charge in [-0.1, -0.05) is 0 Å². The molecule has 94 valence electrons. The fourth-order valence-electron chi connectivity index (χ4n) is 2.34. The Hall–Kier alpha value is -1.13. The van der Waals surface area contributed by atoms with Crippen molar-refractivity contribution in [2.24, 2.45) is 5.73 Å². The zero-order valence-corrected chi connectivity index (χ0v) is 9.90. The fourth-order valence-corrected chi connectivity index (χ4v) is 2.34. The van der Waals surface area contributed by atoms with Crippen molar-refractivity contribution < 1.29 is 9.50 Å².